The van der Waals surface area contributed by atoms with Gasteiger partial charge < -0.3 is 10.5 Å². The number of halogens is 2. The van der Waals surface area contributed by atoms with Gasteiger partial charge in [-0.2, -0.15) is 5.26 Å². The van der Waals surface area contributed by atoms with Crippen LogP contribution in [-0.4, -0.2) is 12.9 Å². The molecule has 0 aliphatic rings. The van der Waals surface area contributed by atoms with Crippen LogP contribution >= 0.6 is 11.6 Å². The summed E-state index contributed by atoms with van der Waals surface area (Å²) < 4.78 is 19.8. The van der Waals surface area contributed by atoms with Crippen molar-refractivity contribution in [2.45, 2.75) is 19.4 Å². The van der Waals surface area contributed by atoms with Crippen LogP contribution < -0.4 is 10.5 Å². The zero-order chi connectivity index (χ0) is 17.9. The Morgan fingerprint density at radius 3 is 2.71 bits per heavy atom. The summed E-state index contributed by atoms with van der Waals surface area (Å²) in [6, 6.07) is 8.65. The van der Waals surface area contributed by atoms with E-state index in [0.717, 1.165) is 0 Å². The Balaban J connectivity index is 2.56. The molecule has 0 aliphatic heterocycles. The predicted molar refractivity (Wildman–Crippen MR) is 89.8 cm³/mol. The maximum absolute atomic E-state index is 14.8. The van der Waals surface area contributed by atoms with Crippen molar-refractivity contribution in [3.63, 3.8) is 0 Å². The molecule has 24 heavy (non-hydrogen) atoms. The van der Waals surface area contributed by atoms with Crippen LogP contribution in [0.2, 0.25) is 5.02 Å². The molecule has 0 saturated heterocycles. The van der Waals surface area contributed by atoms with Gasteiger partial charge >= 0.3 is 0 Å². The van der Waals surface area contributed by atoms with Gasteiger partial charge in [0, 0.05) is 17.2 Å². The highest BCUT2D eigenvalue weighted by molar-refractivity contribution is 6.35. The van der Waals surface area contributed by atoms with Crippen LogP contribution in [-0.2, 0) is 0 Å². The minimum atomic E-state index is -0.717. The summed E-state index contributed by atoms with van der Waals surface area (Å²) in [5, 5.41) is 9.01. The monoisotopic (exact) mass is 346 g/mol. The van der Waals surface area contributed by atoms with Crippen LogP contribution in [0.3, 0.4) is 0 Å². The highest BCUT2D eigenvalue weighted by Gasteiger charge is 2.23. The normalized spacial score (nSPS) is 11.7. The van der Waals surface area contributed by atoms with Gasteiger partial charge in [-0.15, -0.1) is 0 Å². The zero-order valence-corrected chi connectivity index (χ0v) is 14.0. The van der Waals surface area contributed by atoms with Gasteiger partial charge in [0.05, 0.1) is 23.3 Å². The highest BCUT2D eigenvalue weighted by Crippen LogP contribution is 2.30. The van der Waals surface area contributed by atoms with E-state index in [-0.39, 0.29) is 33.0 Å². The number of methoxy groups -OCH3 is 1. The topological polar surface area (TPSA) is 76.1 Å². The third kappa shape index (κ3) is 3.25. The largest absolute Gasteiger partial charge is 0.495 e. The van der Waals surface area contributed by atoms with Crippen LogP contribution in [0.4, 0.5) is 4.39 Å². The van der Waals surface area contributed by atoms with Crippen molar-refractivity contribution in [1.29, 1.82) is 5.26 Å². The summed E-state index contributed by atoms with van der Waals surface area (Å²) in [5.41, 5.74) is 6.35. The number of rotatable bonds is 5. The molecule has 2 N–H and O–H groups in total. The van der Waals surface area contributed by atoms with Gasteiger partial charge in [-0.1, -0.05) is 24.6 Å². The van der Waals surface area contributed by atoms with Crippen molar-refractivity contribution < 1.29 is 13.9 Å². The SMILES string of the molecule is CCC(N)c1ccc(Cl)c(C(=O)c2ccc(C#N)c(OC)c2)c1F. The molecule has 0 saturated carbocycles. The maximum atomic E-state index is 14.8. The van der Waals surface area contributed by atoms with Gasteiger partial charge in [-0.25, -0.2) is 4.39 Å². The Hall–Kier alpha value is -2.42. The second kappa shape index (κ2) is 7.43. The number of hydrogen-bond donors (Lipinski definition) is 1. The molecule has 0 bridgehead atoms. The first-order valence-corrected chi connectivity index (χ1v) is 7.68. The lowest BCUT2D eigenvalue weighted by atomic mass is 9.96. The summed E-state index contributed by atoms with van der Waals surface area (Å²) in [4.78, 5) is 12.7. The summed E-state index contributed by atoms with van der Waals surface area (Å²) in [6.45, 7) is 1.83. The molecule has 6 heteroatoms. The van der Waals surface area contributed by atoms with Crippen molar-refractivity contribution in [3.8, 4) is 11.8 Å². The van der Waals surface area contributed by atoms with Gasteiger partial charge in [-0.05, 0) is 30.7 Å². The fourth-order valence-electron chi connectivity index (χ4n) is 2.35. The number of ether oxygens (including phenoxy) is 1. The molecule has 4 nitrogen and oxygen atoms in total. The number of nitrogens with zero attached hydrogens (tertiary/aromatic N) is 1. The first-order valence-electron chi connectivity index (χ1n) is 7.30. The van der Waals surface area contributed by atoms with Gasteiger partial charge in [0.1, 0.15) is 17.6 Å². The Bertz CT molecular complexity index is 830. The number of carbonyl (C=O) groups is 1. The number of carbonyl (C=O) groups excluding carboxylic acids is 1. The minimum Gasteiger partial charge on any atom is -0.495 e. The van der Waals surface area contributed by atoms with E-state index in [0.29, 0.717) is 6.42 Å². The first kappa shape index (κ1) is 17.9. The van der Waals surface area contributed by atoms with Gasteiger partial charge in [0.25, 0.3) is 0 Å². The lowest BCUT2D eigenvalue weighted by Crippen LogP contribution is -2.15. The van der Waals surface area contributed by atoms with Crippen molar-refractivity contribution in [1.82, 2.24) is 0 Å². The third-order valence-corrected chi connectivity index (χ3v) is 4.09. The van der Waals surface area contributed by atoms with E-state index in [2.05, 4.69) is 0 Å². The average molecular weight is 347 g/mol. The molecular formula is C18H16ClFN2O2. The second-order valence-corrected chi connectivity index (χ2v) is 5.60. The molecule has 0 heterocycles. The molecule has 0 radical (unpaired) electrons. The molecule has 2 rings (SSSR count). The van der Waals surface area contributed by atoms with Gasteiger partial charge in [-0.3, -0.25) is 4.79 Å². The predicted octanol–water partition coefficient (Wildman–Crippen LogP) is 4.00. The summed E-state index contributed by atoms with van der Waals surface area (Å²) >= 11 is 6.04. The fourth-order valence-corrected chi connectivity index (χ4v) is 2.58. The van der Waals surface area contributed by atoms with E-state index >= 15 is 0 Å². The quantitative estimate of drug-likeness (QED) is 0.830. The van der Waals surface area contributed by atoms with Crippen LogP contribution in [0, 0.1) is 17.1 Å². The molecule has 2 aromatic carbocycles. The summed E-state index contributed by atoms with van der Waals surface area (Å²) in [5.74, 6) is -1.07. The number of hydrogen-bond acceptors (Lipinski definition) is 4. The van der Waals surface area contributed by atoms with Crippen molar-refractivity contribution in [3.05, 3.63) is 63.4 Å². The average Bonchev–Trinajstić information content (AvgIpc) is 2.60. The summed E-state index contributed by atoms with van der Waals surface area (Å²) in [7, 11) is 1.39. The molecule has 0 aromatic heterocycles. The Kier molecular flexibility index (Phi) is 5.55. The van der Waals surface area contributed by atoms with E-state index in [1.165, 1.54) is 37.4 Å². The second-order valence-electron chi connectivity index (χ2n) is 5.20. The maximum Gasteiger partial charge on any atom is 0.197 e. The van der Waals surface area contributed by atoms with Gasteiger partial charge in [0.15, 0.2) is 5.78 Å². The lowest BCUT2D eigenvalue weighted by Gasteiger charge is -2.14. The standard InChI is InChI=1S/C18H16ClFN2O2/c1-3-14(22)12-6-7-13(19)16(17(12)20)18(23)10-4-5-11(9-21)15(8-10)24-2/h4-8,14H,3,22H2,1-2H3. The Morgan fingerprint density at radius 2 is 2.12 bits per heavy atom. The van der Waals surface area contributed by atoms with Crippen LogP contribution in [0.15, 0.2) is 30.3 Å². The van der Waals surface area contributed by atoms with E-state index in [1.54, 1.807) is 0 Å². The molecule has 0 fully saturated rings. The Morgan fingerprint density at radius 1 is 1.42 bits per heavy atom. The zero-order valence-electron chi connectivity index (χ0n) is 13.3. The van der Waals surface area contributed by atoms with Crippen LogP contribution in [0.1, 0.15) is 46.4 Å². The molecule has 124 valence electrons. The van der Waals surface area contributed by atoms with Gasteiger partial charge in [0.2, 0.25) is 0 Å². The fraction of sp³-hybridized carbons (Fsp3) is 0.222. The molecule has 1 unspecified atom stereocenters. The molecule has 2 aromatic rings. The van der Waals surface area contributed by atoms with E-state index < -0.39 is 17.6 Å². The lowest BCUT2D eigenvalue weighted by molar-refractivity contribution is 0.103. The molecular weight excluding hydrogens is 331 g/mol. The van der Waals surface area contributed by atoms with E-state index in [4.69, 9.17) is 27.3 Å². The van der Waals surface area contributed by atoms with Crippen LogP contribution in [0.25, 0.3) is 0 Å². The number of benzene rings is 2. The molecule has 0 spiro atoms. The Labute approximate surface area is 144 Å². The number of ketones is 1. The number of nitrogens with two attached hydrogens (primary N) is 1. The molecule has 1 atom stereocenters. The highest BCUT2D eigenvalue weighted by atomic mass is 35.5. The molecule has 0 aliphatic carbocycles. The van der Waals surface area contributed by atoms with Crippen molar-refractivity contribution >= 4 is 17.4 Å². The van der Waals surface area contributed by atoms with Crippen molar-refractivity contribution in [2.75, 3.05) is 7.11 Å². The molecule has 0 amide bonds. The van der Waals surface area contributed by atoms with E-state index in [1.807, 2.05) is 13.0 Å². The first-order chi connectivity index (χ1) is 11.4. The minimum absolute atomic E-state index is 0.00730. The smallest absolute Gasteiger partial charge is 0.197 e. The van der Waals surface area contributed by atoms with Crippen LogP contribution in [0.5, 0.6) is 5.75 Å². The van der Waals surface area contributed by atoms with Crippen molar-refractivity contribution in [2.24, 2.45) is 5.73 Å². The third-order valence-electron chi connectivity index (χ3n) is 3.77. The number of nitriles is 1. The van der Waals surface area contributed by atoms with E-state index in [9.17, 15) is 9.18 Å². The summed E-state index contributed by atoms with van der Waals surface area (Å²) in [6.07, 6.45) is 0.525.